The van der Waals surface area contributed by atoms with E-state index in [4.69, 9.17) is 21.7 Å². The number of ether oxygens (including phenoxy) is 2. The van der Waals surface area contributed by atoms with Crippen LogP contribution >= 0.6 is 28.1 Å². The van der Waals surface area contributed by atoms with Gasteiger partial charge in [0, 0.05) is 6.08 Å². The number of halogens is 1. The normalized spacial score (nSPS) is 10.6. The predicted molar refractivity (Wildman–Crippen MR) is 136 cm³/mol. The van der Waals surface area contributed by atoms with E-state index in [1.54, 1.807) is 12.1 Å². The average molecular weight is 528 g/mol. The number of benzene rings is 3. The summed E-state index contributed by atoms with van der Waals surface area (Å²) in [5, 5.41) is 4.44. The summed E-state index contributed by atoms with van der Waals surface area (Å²) in [7, 11) is 0. The van der Waals surface area contributed by atoms with Crippen molar-refractivity contribution >= 4 is 61.9 Å². The number of nitrogens with one attached hydrogen (secondary N) is 3. The van der Waals surface area contributed by atoms with Crippen molar-refractivity contribution < 1.29 is 19.1 Å². The minimum atomic E-state index is -0.461. The highest BCUT2D eigenvalue weighted by Gasteiger charge is 2.09. The molecule has 3 aromatic carbocycles. The van der Waals surface area contributed by atoms with Gasteiger partial charge in [0.2, 0.25) is 5.91 Å². The Hall–Kier alpha value is -3.43. The van der Waals surface area contributed by atoms with Gasteiger partial charge in [-0.2, -0.15) is 0 Å². The van der Waals surface area contributed by atoms with Crippen molar-refractivity contribution in [3.8, 4) is 11.5 Å². The van der Waals surface area contributed by atoms with Crippen molar-refractivity contribution in [3.05, 3.63) is 76.8 Å². The van der Waals surface area contributed by atoms with Crippen LogP contribution in [0.3, 0.4) is 0 Å². The summed E-state index contributed by atoms with van der Waals surface area (Å²) < 4.78 is 11.7. The van der Waals surface area contributed by atoms with Gasteiger partial charge in [-0.25, -0.2) is 0 Å². The van der Waals surface area contributed by atoms with Crippen LogP contribution in [0.5, 0.6) is 11.5 Å². The second kappa shape index (κ2) is 12.0. The zero-order chi connectivity index (χ0) is 23.6. The number of carbonyl (C=O) groups excluding carboxylic acids is 2. The van der Waals surface area contributed by atoms with Crippen LogP contribution < -0.4 is 25.6 Å². The van der Waals surface area contributed by atoms with E-state index in [0.717, 1.165) is 26.6 Å². The second-order valence-electron chi connectivity index (χ2n) is 6.71. The third-order valence-electron chi connectivity index (χ3n) is 4.36. The van der Waals surface area contributed by atoms with Crippen LogP contribution in [0.2, 0.25) is 0 Å². The van der Waals surface area contributed by atoms with Crippen molar-refractivity contribution in [2.45, 2.75) is 6.92 Å². The number of hydrogen-bond acceptors (Lipinski definition) is 5. The molecule has 0 fully saturated rings. The highest BCUT2D eigenvalue weighted by atomic mass is 79.9. The molecule has 3 rings (SSSR count). The Morgan fingerprint density at radius 3 is 2.52 bits per heavy atom. The van der Waals surface area contributed by atoms with E-state index in [2.05, 4.69) is 32.1 Å². The van der Waals surface area contributed by atoms with Crippen LogP contribution in [-0.4, -0.2) is 30.1 Å². The molecule has 9 heteroatoms. The van der Waals surface area contributed by atoms with Gasteiger partial charge >= 0.3 is 0 Å². The minimum Gasteiger partial charge on any atom is -0.494 e. The number of hydrogen-bond donors (Lipinski definition) is 3. The Bertz CT molecular complexity index is 1180. The Labute approximate surface area is 205 Å². The van der Waals surface area contributed by atoms with Crippen molar-refractivity contribution in [3.63, 3.8) is 0 Å². The fourth-order valence-electron chi connectivity index (χ4n) is 2.83. The smallest absolute Gasteiger partial charge is 0.276 e. The van der Waals surface area contributed by atoms with E-state index < -0.39 is 11.8 Å². The van der Waals surface area contributed by atoms with Gasteiger partial charge in [0.25, 0.3) is 5.91 Å². The molecule has 0 aliphatic carbocycles. The first-order chi connectivity index (χ1) is 16.0. The minimum absolute atomic E-state index is 0.0448. The topological polar surface area (TPSA) is 88.7 Å². The molecular weight excluding hydrogens is 506 g/mol. The van der Waals surface area contributed by atoms with Gasteiger partial charge in [0.1, 0.15) is 11.5 Å². The Balaban J connectivity index is 1.41. The highest BCUT2D eigenvalue weighted by Crippen LogP contribution is 2.32. The van der Waals surface area contributed by atoms with Crippen LogP contribution in [-0.2, 0) is 9.59 Å². The summed E-state index contributed by atoms with van der Waals surface area (Å²) in [5.74, 6) is 0.403. The van der Waals surface area contributed by atoms with Crippen molar-refractivity contribution in [1.29, 1.82) is 0 Å². The summed E-state index contributed by atoms with van der Waals surface area (Å²) in [6.45, 7) is 2.26. The zero-order valence-corrected chi connectivity index (χ0v) is 20.2. The number of fused-ring (bicyclic) bond motifs is 1. The molecule has 0 saturated carbocycles. The van der Waals surface area contributed by atoms with Crippen LogP contribution in [0.4, 0.5) is 0 Å². The van der Waals surface area contributed by atoms with E-state index in [1.807, 2.05) is 61.5 Å². The maximum atomic E-state index is 12.1. The third kappa shape index (κ3) is 7.30. The lowest BCUT2D eigenvalue weighted by Crippen LogP contribution is -2.49. The van der Waals surface area contributed by atoms with Crippen LogP contribution in [0.25, 0.3) is 16.8 Å². The molecule has 0 bridgehead atoms. The van der Waals surface area contributed by atoms with Crippen LogP contribution in [0.1, 0.15) is 12.5 Å². The molecule has 7 nitrogen and oxygen atoms in total. The number of rotatable bonds is 7. The van der Waals surface area contributed by atoms with Crippen molar-refractivity contribution in [1.82, 2.24) is 16.2 Å². The van der Waals surface area contributed by atoms with Crippen LogP contribution in [0.15, 0.2) is 71.2 Å². The lowest BCUT2D eigenvalue weighted by Gasteiger charge is -2.12. The van der Waals surface area contributed by atoms with Gasteiger partial charge in [-0.15, -0.1) is 0 Å². The number of amides is 2. The fraction of sp³-hybridized carbons (Fsp3) is 0.125. The van der Waals surface area contributed by atoms with E-state index in [1.165, 1.54) is 6.08 Å². The number of thiocarbonyl (C=S) groups is 1. The quantitative estimate of drug-likeness (QED) is 0.243. The van der Waals surface area contributed by atoms with E-state index in [9.17, 15) is 9.59 Å². The molecular formula is C24H22BrN3O4S. The van der Waals surface area contributed by atoms with E-state index >= 15 is 0 Å². The number of carbonyl (C=O) groups is 2. The molecule has 33 heavy (non-hydrogen) atoms. The fourth-order valence-corrected chi connectivity index (χ4v) is 3.59. The largest absolute Gasteiger partial charge is 0.494 e. The molecule has 0 atom stereocenters. The predicted octanol–water partition coefficient (Wildman–Crippen LogP) is 4.12. The first kappa shape index (κ1) is 24.2. The molecule has 2 amide bonds. The summed E-state index contributed by atoms with van der Waals surface area (Å²) in [4.78, 5) is 24.1. The van der Waals surface area contributed by atoms with Gasteiger partial charge in [0.15, 0.2) is 11.7 Å². The molecule has 3 N–H and O–H groups in total. The molecule has 3 aromatic rings. The Morgan fingerprint density at radius 1 is 1.00 bits per heavy atom. The van der Waals surface area contributed by atoms with Gasteiger partial charge in [0.05, 0.1) is 11.1 Å². The summed E-state index contributed by atoms with van der Waals surface area (Å²) in [6.07, 6.45) is 2.98. The lowest BCUT2D eigenvalue weighted by atomic mass is 10.1. The first-order valence-electron chi connectivity index (χ1n) is 10.1. The summed E-state index contributed by atoms with van der Waals surface area (Å²) >= 11 is 8.53. The maximum Gasteiger partial charge on any atom is 0.276 e. The molecule has 0 unspecified atom stereocenters. The molecule has 0 spiro atoms. The molecule has 0 saturated heterocycles. The Kier molecular flexibility index (Phi) is 8.79. The van der Waals surface area contributed by atoms with Crippen molar-refractivity contribution in [2.75, 3.05) is 13.2 Å². The zero-order valence-electron chi connectivity index (χ0n) is 17.8. The second-order valence-corrected chi connectivity index (χ2v) is 7.92. The van der Waals surface area contributed by atoms with E-state index in [0.29, 0.717) is 12.4 Å². The molecule has 0 radical (unpaired) electrons. The standard InChI is InChI=1S/C24H22BrN3O4S/c1-2-31-18-11-7-16(8-12-18)9-14-21(29)26-24(33)28-27-22(30)15-32-20-13-10-17-5-3-4-6-19(17)23(20)25/h3-14H,2,15H2,1H3,(H,27,30)(H2,26,28,29,33)/b14-9+. The Morgan fingerprint density at radius 2 is 1.76 bits per heavy atom. The lowest BCUT2D eigenvalue weighted by molar-refractivity contribution is -0.123. The molecule has 0 aliphatic rings. The number of hydrazine groups is 1. The summed E-state index contributed by atoms with van der Waals surface area (Å²) in [6, 6.07) is 18.8. The third-order valence-corrected chi connectivity index (χ3v) is 5.38. The van der Waals surface area contributed by atoms with Gasteiger partial charge in [-0.3, -0.25) is 25.8 Å². The van der Waals surface area contributed by atoms with E-state index in [-0.39, 0.29) is 11.7 Å². The van der Waals surface area contributed by atoms with Gasteiger partial charge in [-0.1, -0.05) is 42.5 Å². The molecule has 0 aliphatic heterocycles. The van der Waals surface area contributed by atoms with Gasteiger partial charge in [-0.05, 0) is 75.7 Å². The maximum absolute atomic E-state index is 12.1. The average Bonchev–Trinajstić information content (AvgIpc) is 2.82. The molecule has 170 valence electrons. The van der Waals surface area contributed by atoms with Crippen LogP contribution in [0, 0.1) is 0 Å². The first-order valence-corrected chi connectivity index (χ1v) is 11.3. The summed E-state index contributed by atoms with van der Waals surface area (Å²) in [5.41, 5.74) is 5.69. The molecule has 0 aromatic heterocycles. The monoisotopic (exact) mass is 527 g/mol. The molecule has 0 heterocycles. The van der Waals surface area contributed by atoms with Gasteiger partial charge < -0.3 is 9.47 Å². The van der Waals surface area contributed by atoms with Crippen molar-refractivity contribution in [2.24, 2.45) is 0 Å². The highest BCUT2D eigenvalue weighted by molar-refractivity contribution is 9.10. The SMILES string of the molecule is CCOc1ccc(/C=C/C(=O)NC(=S)NNC(=O)COc2ccc3ccccc3c2Br)cc1.